The van der Waals surface area contributed by atoms with Crippen molar-refractivity contribution in [2.24, 2.45) is 0 Å². The molecule has 1 aliphatic heterocycles. The first kappa shape index (κ1) is 16.8. The highest BCUT2D eigenvalue weighted by molar-refractivity contribution is 5.78. The first-order valence-corrected chi connectivity index (χ1v) is 7.17. The largest absolute Gasteiger partial charge is 0.416 e. The van der Waals surface area contributed by atoms with Crippen molar-refractivity contribution in [2.45, 2.75) is 31.7 Å². The molecule has 0 spiro atoms. The summed E-state index contributed by atoms with van der Waals surface area (Å²) < 4.78 is 38.4. The Morgan fingerprint density at radius 1 is 1.45 bits per heavy atom. The van der Waals surface area contributed by atoms with Gasteiger partial charge < -0.3 is 10.4 Å². The quantitative estimate of drug-likeness (QED) is 0.893. The summed E-state index contributed by atoms with van der Waals surface area (Å²) in [4.78, 5) is 13.4. The van der Waals surface area contributed by atoms with Crippen LogP contribution in [0.5, 0.6) is 0 Å². The fourth-order valence-corrected chi connectivity index (χ4v) is 2.76. The van der Waals surface area contributed by atoms with Crippen molar-refractivity contribution in [1.82, 2.24) is 10.2 Å². The third-order valence-corrected chi connectivity index (χ3v) is 3.70. The van der Waals surface area contributed by atoms with E-state index >= 15 is 0 Å². The number of carbonyl (C=O) groups is 1. The standard InChI is InChI=1S/C15H19F3N2O2/c1-2-19-14(22)9-20-8-12(21)7-13(20)10-4-3-5-11(6-10)15(16,17)18/h3-6,12-13,21H,2,7-9H2,1H3,(H,19,22)/t12-,13+/m1/s1. The molecule has 1 aromatic carbocycles. The lowest BCUT2D eigenvalue weighted by Crippen LogP contribution is -2.37. The molecular weight excluding hydrogens is 297 g/mol. The molecule has 0 aromatic heterocycles. The first-order chi connectivity index (χ1) is 10.3. The molecule has 22 heavy (non-hydrogen) atoms. The Hall–Kier alpha value is -1.60. The molecule has 1 amide bonds. The molecule has 122 valence electrons. The van der Waals surface area contributed by atoms with Gasteiger partial charge >= 0.3 is 6.18 Å². The monoisotopic (exact) mass is 316 g/mol. The minimum Gasteiger partial charge on any atom is -0.392 e. The zero-order chi connectivity index (χ0) is 16.3. The maximum atomic E-state index is 12.8. The number of nitrogens with zero attached hydrogens (tertiary/aromatic N) is 1. The van der Waals surface area contributed by atoms with Gasteiger partial charge in [-0.2, -0.15) is 13.2 Å². The molecule has 2 N–H and O–H groups in total. The third-order valence-electron chi connectivity index (χ3n) is 3.70. The molecule has 1 aliphatic rings. The molecule has 7 heteroatoms. The van der Waals surface area contributed by atoms with Crippen LogP contribution in [0.25, 0.3) is 0 Å². The molecule has 1 heterocycles. The summed E-state index contributed by atoms with van der Waals surface area (Å²) in [6.07, 6.45) is -4.73. The van der Waals surface area contributed by atoms with Crippen molar-refractivity contribution in [3.05, 3.63) is 35.4 Å². The Balaban J connectivity index is 2.20. The summed E-state index contributed by atoms with van der Waals surface area (Å²) in [5, 5.41) is 12.5. The summed E-state index contributed by atoms with van der Waals surface area (Å²) >= 11 is 0. The molecule has 4 nitrogen and oxygen atoms in total. The molecule has 0 saturated carbocycles. The second kappa shape index (κ2) is 6.66. The molecular formula is C15H19F3N2O2. The highest BCUT2D eigenvalue weighted by atomic mass is 19.4. The fourth-order valence-electron chi connectivity index (χ4n) is 2.76. The molecule has 0 unspecified atom stereocenters. The number of benzene rings is 1. The van der Waals surface area contributed by atoms with Crippen molar-refractivity contribution in [3.8, 4) is 0 Å². The van der Waals surface area contributed by atoms with E-state index in [0.717, 1.165) is 12.1 Å². The van der Waals surface area contributed by atoms with Gasteiger partial charge in [0.15, 0.2) is 0 Å². The predicted molar refractivity (Wildman–Crippen MR) is 75.1 cm³/mol. The van der Waals surface area contributed by atoms with E-state index in [9.17, 15) is 23.1 Å². The lowest BCUT2D eigenvalue weighted by Gasteiger charge is -2.24. The van der Waals surface area contributed by atoms with Gasteiger partial charge in [-0.3, -0.25) is 9.69 Å². The zero-order valence-electron chi connectivity index (χ0n) is 12.2. The van der Waals surface area contributed by atoms with Crippen molar-refractivity contribution in [3.63, 3.8) is 0 Å². The molecule has 2 atom stereocenters. The number of amides is 1. The number of aliphatic hydroxyl groups excluding tert-OH is 1. The second-order valence-electron chi connectivity index (χ2n) is 5.41. The number of likely N-dealkylation sites (N-methyl/N-ethyl adjacent to an activating group) is 1. The van der Waals surface area contributed by atoms with Crippen molar-refractivity contribution >= 4 is 5.91 Å². The van der Waals surface area contributed by atoms with Crippen LogP contribution >= 0.6 is 0 Å². The van der Waals surface area contributed by atoms with Gasteiger partial charge in [-0.15, -0.1) is 0 Å². The van der Waals surface area contributed by atoms with Crippen molar-refractivity contribution in [1.29, 1.82) is 0 Å². The summed E-state index contributed by atoms with van der Waals surface area (Å²) in [5.74, 6) is -0.200. The number of likely N-dealkylation sites (tertiary alicyclic amines) is 1. The van der Waals surface area contributed by atoms with Crippen LogP contribution in [-0.2, 0) is 11.0 Å². The maximum absolute atomic E-state index is 12.8. The van der Waals surface area contributed by atoms with E-state index in [1.807, 2.05) is 0 Å². The van der Waals surface area contributed by atoms with Gasteiger partial charge in [-0.05, 0) is 31.0 Å². The summed E-state index contributed by atoms with van der Waals surface area (Å²) in [6.45, 7) is 2.62. The lowest BCUT2D eigenvalue weighted by atomic mass is 10.0. The number of β-amino-alcohol motifs (C(OH)–C–C–N with tert-alkyl or cyclic N) is 1. The van der Waals surface area contributed by atoms with Crippen LogP contribution in [0.4, 0.5) is 13.2 Å². The summed E-state index contributed by atoms with van der Waals surface area (Å²) in [7, 11) is 0. The molecule has 0 bridgehead atoms. The number of carbonyl (C=O) groups excluding carboxylic acids is 1. The van der Waals surface area contributed by atoms with Crippen LogP contribution in [0.15, 0.2) is 24.3 Å². The van der Waals surface area contributed by atoms with E-state index in [4.69, 9.17) is 0 Å². The number of hydrogen-bond donors (Lipinski definition) is 2. The Kier molecular flexibility index (Phi) is 5.08. The SMILES string of the molecule is CCNC(=O)CN1C[C@H](O)C[C@H]1c1cccc(C(F)(F)F)c1. The first-order valence-electron chi connectivity index (χ1n) is 7.17. The molecule has 1 fully saturated rings. The minimum atomic E-state index is -4.41. The van der Waals surface area contributed by atoms with Crippen LogP contribution in [0, 0.1) is 0 Å². The molecule has 0 radical (unpaired) electrons. The fraction of sp³-hybridized carbons (Fsp3) is 0.533. The Bertz CT molecular complexity index is 534. The van der Waals surface area contributed by atoms with Crippen LogP contribution in [-0.4, -0.2) is 41.7 Å². The average Bonchev–Trinajstić information content (AvgIpc) is 2.79. The highest BCUT2D eigenvalue weighted by Gasteiger charge is 2.35. The van der Waals surface area contributed by atoms with Gasteiger partial charge in [0.2, 0.25) is 5.91 Å². The van der Waals surface area contributed by atoms with Crippen LogP contribution < -0.4 is 5.32 Å². The van der Waals surface area contributed by atoms with E-state index in [0.29, 0.717) is 18.5 Å². The number of alkyl halides is 3. The van der Waals surface area contributed by atoms with E-state index in [1.165, 1.54) is 6.07 Å². The summed E-state index contributed by atoms with van der Waals surface area (Å²) in [5.41, 5.74) is -0.250. The Labute approximate surface area is 126 Å². The molecule has 0 aliphatic carbocycles. The predicted octanol–water partition coefficient (Wildman–Crippen LogP) is 1.95. The number of hydrogen-bond acceptors (Lipinski definition) is 3. The third kappa shape index (κ3) is 3.98. The Morgan fingerprint density at radius 2 is 2.18 bits per heavy atom. The van der Waals surface area contributed by atoms with E-state index in [1.54, 1.807) is 17.9 Å². The van der Waals surface area contributed by atoms with Gasteiger partial charge in [0, 0.05) is 19.1 Å². The van der Waals surface area contributed by atoms with Crippen LogP contribution in [0.1, 0.15) is 30.5 Å². The lowest BCUT2D eigenvalue weighted by molar-refractivity contribution is -0.137. The number of rotatable bonds is 4. The number of aliphatic hydroxyl groups is 1. The topological polar surface area (TPSA) is 52.6 Å². The smallest absolute Gasteiger partial charge is 0.392 e. The van der Waals surface area contributed by atoms with Crippen molar-refractivity contribution in [2.75, 3.05) is 19.6 Å². The molecule has 1 saturated heterocycles. The second-order valence-corrected chi connectivity index (χ2v) is 5.41. The maximum Gasteiger partial charge on any atom is 0.416 e. The van der Waals surface area contributed by atoms with Crippen molar-refractivity contribution < 1.29 is 23.1 Å². The van der Waals surface area contributed by atoms with Gasteiger partial charge in [-0.25, -0.2) is 0 Å². The number of nitrogens with one attached hydrogen (secondary N) is 1. The average molecular weight is 316 g/mol. The van der Waals surface area contributed by atoms with Gasteiger partial charge in [-0.1, -0.05) is 12.1 Å². The normalized spacial score (nSPS) is 22.8. The van der Waals surface area contributed by atoms with Crippen LogP contribution in [0.3, 0.4) is 0 Å². The van der Waals surface area contributed by atoms with Crippen LogP contribution in [0.2, 0.25) is 0 Å². The van der Waals surface area contributed by atoms with E-state index < -0.39 is 17.8 Å². The van der Waals surface area contributed by atoms with E-state index in [-0.39, 0.29) is 25.0 Å². The van der Waals surface area contributed by atoms with E-state index in [2.05, 4.69) is 5.32 Å². The molecule has 2 rings (SSSR count). The molecule has 1 aromatic rings. The minimum absolute atomic E-state index is 0.0613. The van der Waals surface area contributed by atoms with Gasteiger partial charge in [0.05, 0.1) is 18.2 Å². The Morgan fingerprint density at radius 3 is 2.82 bits per heavy atom. The summed E-state index contributed by atoms with van der Waals surface area (Å²) in [6, 6.07) is 4.67. The highest BCUT2D eigenvalue weighted by Crippen LogP contribution is 2.35. The number of halogens is 3. The van der Waals surface area contributed by atoms with Gasteiger partial charge in [0.25, 0.3) is 0 Å². The van der Waals surface area contributed by atoms with Gasteiger partial charge in [0.1, 0.15) is 0 Å². The zero-order valence-corrected chi connectivity index (χ0v) is 12.2.